The quantitative estimate of drug-likeness (QED) is 0.674. The van der Waals surface area contributed by atoms with Crippen molar-refractivity contribution in [3.63, 3.8) is 0 Å². The van der Waals surface area contributed by atoms with Crippen molar-refractivity contribution < 1.29 is 4.79 Å². The Kier molecular flexibility index (Phi) is 4.15. The minimum absolute atomic E-state index is 0.0316. The highest BCUT2D eigenvalue weighted by atomic mass is 32.1. The summed E-state index contributed by atoms with van der Waals surface area (Å²) >= 11 is 1.78. The molecule has 6 nitrogen and oxygen atoms in total. The Morgan fingerprint density at radius 2 is 2.22 bits per heavy atom. The van der Waals surface area contributed by atoms with Crippen LogP contribution in [0.25, 0.3) is 15.9 Å². The third-order valence-electron chi connectivity index (χ3n) is 6.18. The van der Waals surface area contributed by atoms with Gasteiger partial charge in [0.2, 0.25) is 5.82 Å². The number of piperidine rings is 1. The van der Waals surface area contributed by atoms with Gasteiger partial charge in [-0.05, 0) is 56.4 Å². The number of fused-ring (bicyclic) bond motifs is 5. The zero-order valence-electron chi connectivity index (χ0n) is 15.9. The average molecular weight is 384 g/mol. The van der Waals surface area contributed by atoms with Gasteiger partial charge in [0.15, 0.2) is 5.65 Å². The third kappa shape index (κ3) is 2.74. The largest absolute Gasteiger partial charge is 0.333 e. The minimum Gasteiger partial charge on any atom is -0.333 e. The first-order valence-electron chi connectivity index (χ1n) is 10.1. The maximum Gasteiger partial charge on any atom is 0.293 e. The monoisotopic (exact) mass is 383 g/mol. The standard InChI is InChI=1S/C20H25N5OS/c1-3-13-6-4-5-9-24(13)20(26)17-22-18-16-14-10-12(2)7-8-15(14)27-19(16)21-11-25(18)23-17/h11-13H,3-10H2,1-2H3/t12-,13-/m1/s1. The van der Waals surface area contributed by atoms with Crippen molar-refractivity contribution >= 4 is 33.1 Å². The molecule has 1 fully saturated rings. The van der Waals surface area contributed by atoms with Gasteiger partial charge in [-0.1, -0.05) is 13.8 Å². The molecular weight excluding hydrogens is 358 g/mol. The first-order valence-corrected chi connectivity index (χ1v) is 10.9. The molecule has 27 heavy (non-hydrogen) atoms. The molecule has 3 aromatic rings. The predicted molar refractivity (Wildman–Crippen MR) is 106 cm³/mol. The molecule has 0 spiro atoms. The van der Waals surface area contributed by atoms with Gasteiger partial charge in [-0.25, -0.2) is 14.5 Å². The van der Waals surface area contributed by atoms with Crippen molar-refractivity contribution in [2.75, 3.05) is 6.54 Å². The number of amides is 1. The second kappa shape index (κ2) is 6.55. The molecule has 1 aliphatic heterocycles. The van der Waals surface area contributed by atoms with E-state index < -0.39 is 0 Å². The molecule has 142 valence electrons. The molecule has 0 saturated carbocycles. The molecule has 2 atom stereocenters. The highest BCUT2D eigenvalue weighted by Gasteiger charge is 2.30. The van der Waals surface area contributed by atoms with Gasteiger partial charge in [-0.2, -0.15) is 0 Å². The Bertz CT molecular complexity index is 1020. The molecule has 0 radical (unpaired) electrons. The van der Waals surface area contributed by atoms with Crippen LogP contribution in [0.5, 0.6) is 0 Å². The second-order valence-corrected chi connectivity index (χ2v) is 9.12. The molecule has 1 aliphatic carbocycles. The van der Waals surface area contributed by atoms with E-state index in [4.69, 9.17) is 4.98 Å². The van der Waals surface area contributed by atoms with E-state index in [0.717, 1.165) is 54.5 Å². The zero-order chi connectivity index (χ0) is 18.5. The molecule has 7 heteroatoms. The van der Waals surface area contributed by atoms with Crippen molar-refractivity contribution in [2.24, 2.45) is 5.92 Å². The third-order valence-corrected chi connectivity index (χ3v) is 7.38. The lowest BCUT2D eigenvalue weighted by Crippen LogP contribution is -2.43. The van der Waals surface area contributed by atoms with E-state index in [9.17, 15) is 4.79 Å². The molecule has 0 aromatic carbocycles. The van der Waals surface area contributed by atoms with E-state index >= 15 is 0 Å². The van der Waals surface area contributed by atoms with Crippen LogP contribution >= 0.6 is 11.3 Å². The molecular formula is C20H25N5OS. The fraction of sp³-hybridized carbons (Fsp3) is 0.600. The van der Waals surface area contributed by atoms with Crippen LogP contribution in [0.3, 0.4) is 0 Å². The Hall–Kier alpha value is -2.02. The zero-order valence-corrected chi connectivity index (χ0v) is 16.8. The number of likely N-dealkylation sites (tertiary alicyclic amines) is 1. The van der Waals surface area contributed by atoms with Crippen LogP contribution in [0.4, 0.5) is 0 Å². The summed E-state index contributed by atoms with van der Waals surface area (Å²) in [7, 11) is 0. The maximum atomic E-state index is 13.1. The maximum absolute atomic E-state index is 13.1. The summed E-state index contributed by atoms with van der Waals surface area (Å²) in [6.07, 6.45) is 9.47. The summed E-state index contributed by atoms with van der Waals surface area (Å²) < 4.78 is 1.70. The number of aromatic nitrogens is 4. The summed E-state index contributed by atoms with van der Waals surface area (Å²) in [6, 6.07) is 0.311. The van der Waals surface area contributed by atoms with Crippen molar-refractivity contribution in [1.29, 1.82) is 0 Å². The number of hydrogen-bond acceptors (Lipinski definition) is 5. The molecule has 2 aliphatic rings. The summed E-state index contributed by atoms with van der Waals surface area (Å²) in [6.45, 7) is 5.27. The lowest BCUT2D eigenvalue weighted by molar-refractivity contribution is 0.0595. The van der Waals surface area contributed by atoms with Gasteiger partial charge in [0.1, 0.15) is 11.2 Å². The smallest absolute Gasteiger partial charge is 0.293 e. The van der Waals surface area contributed by atoms with E-state index in [-0.39, 0.29) is 5.91 Å². The molecule has 4 heterocycles. The molecule has 0 N–H and O–H groups in total. The SMILES string of the molecule is CC[C@@H]1CCCCN1C(=O)c1nc2c3c4c(sc3ncn2n1)CC[C@@H](C)C4. The number of carbonyl (C=O) groups is 1. The average Bonchev–Trinajstić information content (AvgIpc) is 3.28. The molecule has 5 rings (SSSR count). The molecule has 0 bridgehead atoms. The highest BCUT2D eigenvalue weighted by molar-refractivity contribution is 7.19. The van der Waals surface area contributed by atoms with Gasteiger partial charge in [0.25, 0.3) is 5.91 Å². The lowest BCUT2D eigenvalue weighted by Gasteiger charge is -2.34. The Labute approximate surface area is 162 Å². The number of hydrogen-bond donors (Lipinski definition) is 0. The normalized spacial score (nSPS) is 23.1. The minimum atomic E-state index is -0.0316. The van der Waals surface area contributed by atoms with Crippen LogP contribution in [0.2, 0.25) is 0 Å². The van der Waals surface area contributed by atoms with Crippen LogP contribution in [0.1, 0.15) is 67.0 Å². The van der Waals surface area contributed by atoms with Gasteiger partial charge in [0.05, 0.1) is 5.39 Å². The van der Waals surface area contributed by atoms with Crippen LogP contribution < -0.4 is 0 Å². The summed E-state index contributed by atoms with van der Waals surface area (Å²) in [4.78, 5) is 26.9. The number of carbonyl (C=O) groups excluding carboxylic acids is 1. The van der Waals surface area contributed by atoms with Gasteiger partial charge in [0, 0.05) is 17.5 Å². The van der Waals surface area contributed by atoms with Gasteiger partial charge in [-0.15, -0.1) is 16.4 Å². The highest BCUT2D eigenvalue weighted by Crippen LogP contribution is 2.38. The predicted octanol–water partition coefficient (Wildman–Crippen LogP) is 3.87. The molecule has 3 aromatic heterocycles. The molecule has 1 amide bonds. The lowest BCUT2D eigenvalue weighted by atomic mass is 9.89. The first-order chi connectivity index (χ1) is 13.2. The first kappa shape index (κ1) is 17.1. The summed E-state index contributed by atoms with van der Waals surface area (Å²) in [5.74, 6) is 0.961. The van der Waals surface area contributed by atoms with E-state index in [1.165, 1.54) is 23.3 Å². The van der Waals surface area contributed by atoms with Crippen molar-refractivity contribution in [2.45, 2.75) is 64.8 Å². The van der Waals surface area contributed by atoms with Gasteiger partial charge < -0.3 is 4.90 Å². The van der Waals surface area contributed by atoms with Crippen LogP contribution in [0.15, 0.2) is 6.33 Å². The van der Waals surface area contributed by atoms with Crippen molar-refractivity contribution in [3.05, 3.63) is 22.6 Å². The molecule has 0 unspecified atom stereocenters. The van der Waals surface area contributed by atoms with Crippen molar-refractivity contribution in [3.8, 4) is 0 Å². The summed E-state index contributed by atoms with van der Waals surface area (Å²) in [5, 5.41) is 5.62. The van der Waals surface area contributed by atoms with Gasteiger partial charge >= 0.3 is 0 Å². The van der Waals surface area contributed by atoms with Crippen LogP contribution in [-0.4, -0.2) is 43.0 Å². The Morgan fingerprint density at radius 3 is 3.07 bits per heavy atom. The molecule has 1 saturated heterocycles. The number of aryl methyl sites for hydroxylation is 1. The van der Waals surface area contributed by atoms with E-state index in [1.54, 1.807) is 22.2 Å². The van der Waals surface area contributed by atoms with Crippen molar-refractivity contribution in [1.82, 2.24) is 24.5 Å². The summed E-state index contributed by atoms with van der Waals surface area (Å²) in [5.41, 5.74) is 2.17. The number of thiophene rings is 1. The number of nitrogens with zero attached hydrogens (tertiary/aromatic N) is 5. The van der Waals surface area contributed by atoms with E-state index in [1.807, 2.05) is 4.90 Å². The van der Waals surface area contributed by atoms with Gasteiger partial charge in [-0.3, -0.25) is 4.79 Å². The Morgan fingerprint density at radius 1 is 1.33 bits per heavy atom. The Balaban J connectivity index is 1.60. The van der Waals surface area contributed by atoms with Crippen LogP contribution in [-0.2, 0) is 12.8 Å². The topological polar surface area (TPSA) is 63.4 Å². The van der Waals surface area contributed by atoms with E-state index in [0.29, 0.717) is 17.8 Å². The van der Waals surface area contributed by atoms with Crippen LogP contribution in [0, 0.1) is 5.92 Å². The second-order valence-electron chi connectivity index (χ2n) is 8.04. The fourth-order valence-electron chi connectivity index (χ4n) is 4.66. The fourth-order valence-corrected chi connectivity index (χ4v) is 5.84. The number of rotatable bonds is 2. The van der Waals surface area contributed by atoms with E-state index in [2.05, 4.69) is 23.9 Å².